The van der Waals surface area contributed by atoms with Crippen LogP contribution < -0.4 is 9.47 Å². The van der Waals surface area contributed by atoms with E-state index in [9.17, 15) is 9.59 Å². The van der Waals surface area contributed by atoms with Gasteiger partial charge in [0.2, 0.25) is 0 Å². The number of nitrogens with zero attached hydrogens (tertiary/aromatic N) is 1. The zero-order valence-corrected chi connectivity index (χ0v) is 9.94. The highest BCUT2D eigenvalue weighted by molar-refractivity contribution is 6.22. The van der Waals surface area contributed by atoms with Crippen LogP contribution in [-0.2, 0) is 0 Å². The molecule has 0 unspecified atom stereocenters. The van der Waals surface area contributed by atoms with Crippen molar-refractivity contribution in [3.63, 3.8) is 0 Å². The second kappa shape index (κ2) is 4.08. The van der Waals surface area contributed by atoms with Crippen molar-refractivity contribution in [2.45, 2.75) is 6.92 Å². The lowest BCUT2D eigenvalue weighted by Gasteiger charge is -2.11. The molecule has 5 heteroatoms. The van der Waals surface area contributed by atoms with E-state index in [0.29, 0.717) is 29.2 Å². The quantitative estimate of drug-likeness (QED) is 0.741. The topological polar surface area (TPSA) is 55.8 Å². The van der Waals surface area contributed by atoms with Crippen LogP contribution in [0.4, 0.5) is 0 Å². The molecule has 0 atom stereocenters. The molecule has 0 saturated carbocycles. The zero-order valence-electron chi connectivity index (χ0n) is 9.94. The van der Waals surface area contributed by atoms with E-state index < -0.39 is 0 Å². The molecule has 1 aliphatic heterocycles. The molecule has 0 radical (unpaired) electrons. The fraction of sp³-hybridized carbons (Fsp3) is 0.333. The highest BCUT2D eigenvalue weighted by atomic mass is 16.5. The van der Waals surface area contributed by atoms with Gasteiger partial charge in [0.1, 0.15) is 0 Å². The Morgan fingerprint density at radius 1 is 1.24 bits per heavy atom. The molecule has 17 heavy (non-hydrogen) atoms. The SMILES string of the molecule is CCOc1c(OC)ccc2c1C(=O)N(C)C2=O. The van der Waals surface area contributed by atoms with E-state index in [2.05, 4.69) is 0 Å². The molecule has 0 saturated heterocycles. The molecule has 1 aliphatic rings. The number of imide groups is 1. The number of carbonyl (C=O) groups excluding carboxylic acids is 2. The number of fused-ring (bicyclic) bond motifs is 1. The first-order chi connectivity index (χ1) is 8.11. The van der Waals surface area contributed by atoms with Crippen LogP contribution in [0, 0.1) is 0 Å². The van der Waals surface area contributed by atoms with Crippen LogP contribution in [0.25, 0.3) is 0 Å². The average molecular weight is 235 g/mol. The third-order valence-electron chi connectivity index (χ3n) is 2.68. The van der Waals surface area contributed by atoms with Crippen LogP contribution in [0.5, 0.6) is 11.5 Å². The predicted octanol–water partition coefficient (Wildman–Crippen LogP) is 1.32. The van der Waals surface area contributed by atoms with E-state index >= 15 is 0 Å². The van der Waals surface area contributed by atoms with Crippen LogP contribution in [0.15, 0.2) is 12.1 Å². The smallest absolute Gasteiger partial charge is 0.265 e. The summed E-state index contributed by atoms with van der Waals surface area (Å²) >= 11 is 0. The van der Waals surface area contributed by atoms with Gasteiger partial charge in [0.05, 0.1) is 24.8 Å². The Kier molecular flexibility index (Phi) is 2.75. The minimum atomic E-state index is -0.354. The molecular formula is C12H13NO4. The Bertz CT molecular complexity index is 496. The van der Waals surface area contributed by atoms with Gasteiger partial charge in [-0.2, -0.15) is 0 Å². The van der Waals surface area contributed by atoms with Crippen LogP contribution in [0.2, 0.25) is 0 Å². The number of ether oxygens (including phenoxy) is 2. The molecule has 1 heterocycles. The number of hydrogen-bond donors (Lipinski definition) is 0. The van der Waals surface area contributed by atoms with E-state index in [0.717, 1.165) is 4.90 Å². The zero-order chi connectivity index (χ0) is 12.6. The second-order valence-electron chi connectivity index (χ2n) is 3.62. The summed E-state index contributed by atoms with van der Waals surface area (Å²) in [6.45, 7) is 2.21. The Hall–Kier alpha value is -2.04. The van der Waals surface area contributed by atoms with Crippen molar-refractivity contribution in [2.24, 2.45) is 0 Å². The van der Waals surface area contributed by atoms with Gasteiger partial charge in [0.25, 0.3) is 11.8 Å². The van der Waals surface area contributed by atoms with Gasteiger partial charge in [-0.3, -0.25) is 14.5 Å². The van der Waals surface area contributed by atoms with Crippen LogP contribution in [-0.4, -0.2) is 37.5 Å². The second-order valence-corrected chi connectivity index (χ2v) is 3.62. The van der Waals surface area contributed by atoms with E-state index in [1.807, 2.05) is 6.92 Å². The van der Waals surface area contributed by atoms with Crippen molar-refractivity contribution in [3.05, 3.63) is 23.3 Å². The van der Waals surface area contributed by atoms with Crippen molar-refractivity contribution < 1.29 is 19.1 Å². The van der Waals surface area contributed by atoms with Crippen molar-refractivity contribution in [1.29, 1.82) is 0 Å². The fourth-order valence-corrected chi connectivity index (χ4v) is 1.84. The summed E-state index contributed by atoms with van der Waals surface area (Å²) in [6, 6.07) is 3.22. The van der Waals surface area contributed by atoms with Gasteiger partial charge < -0.3 is 9.47 Å². The van der Waals surface area contributed by atoms with Crippen LogP contribution >= 0.6 is 0 Å². The lowest BCUT2D eigenvalue weighted by atomic mass is 10.1. The predicted molar refractivity (Wildman–Crippen MR) is 60.6 cm³/mol. The summed E-state index contributed by atoms with van der Waals surface area (Å²) in [5.74, 6) is 0.137. The monoisotopic (exact) mass is 235 g/mol. The lowest BCUT2D eigenvalue weighted by Crippen LogP contribution is -2.24. The Labute approximate surface area is 98.9 Å². The molecular weight excluding hydrogens is 222 g/mol. The lowest BCUT2D eigenvalue weighted by molar-refractivity contribution is 0.0692. The fourth-order valence-electron chi connectivity index (χ4n) is 1.84. The molecule has 5 nitrogen and oxygen atoms in total. The van der Waals surface area contributed by atoms with Gasteiger partial charge in [-0.05, 0) is 19.1 Å². The third kappa shape index (κ3) is 1.54. The van der Waals surface area contributed by atoms with Crippen molar-refractivity contribution in [1.82, 2.24) is 4.90 Å². The maximum atomic E-state index is 11.9. The highest BCUT2D eigenvalue weighted by Crippen LogP contribution is 2.37. The number of hydrogen-bond acceptors (Lipinski definition) is 4. The van der Waals surface area contributed by atoms with E-state index in [1.165, 1.54) is 14.2 Å². The standard InChI is InChI=1S/C12H13NO4/c1-4-17-10-8(16-3)6-5-7-9(10)12(15)13(2)11(7)14/h5-6H,4H2,1-3H3. The molecule has 0 spiro atoms. The molecule has 0 N–H and O–H groups in total. The summed E-state index contributed by atoms with van der Waals surface area (Å²) in [7, 11) is 2.95. The molecule has 1 aromatic rings. The molecule has 2 rings (SSSR count). The van der Waals surface area contributed by atoms with Gasteiger partial charge in [-0.15, -0.1) is 0 Å². The summed E-state index contributed by atoms with van der Waals surface area (Å²) < 4.78 is 10.5. The summed E-state index contributed by atoms with van der Waals surface area (Å²) in [5, 5.41) is 0. The maximum Gasteiger partial charge on any atom is 0.265 e. The molecule has 0 fully saturated rings. The molecule has 0 aliphatic carbocycles. The van der Waals surface area contributed by atoms with Gasteiger partial charge in [-0.1, -0.05) is 0 Å². The van der Waals surface area contributed by atoms with Crippen molar-refractivity contribution >= 4 is 11.8 Å². The summed E-state index contributed by atoms with van der Waals surface area (Å²) in [4.78, 5) is 24.8. The Balaban J connectivity index is 2.66. The molecule has 1 aromatic carbocycles. The van der Waals surface area contributed by atoms with E-state index in [-0.39, 0.29) is 11.8 Å². The molecule has 0 bridgehead atoms. The minimum Gasteiger partial charge on any atom is -0.493 e. The van der Waals surface area contributed by atoms with Crippen molar-refractivity contribution in [2.75, 3.05) is 20.8 Å². The highest BCUT2D eigenvalue weighted by Gasteiger charge is 2.37. The number of carbonyl (C=O) groups is 2. The van der Waals surface area contributed by atoms with Gasteiger partial charge in [-0.25, -0.2) is 0 Å². The minimum absolute atomic E-state index is 0.290. The number of benzene rings is 1. The average Bonchev–Trinajstić information content (AvgIpc) is 2.55. The summed E-state index contributed by atoms with van der Waals surface area (Å²) in [5.41, 5.74) is 0.653. The first-order valence-corrected chi connectivity index (χ1v) is 5.28. The first-order valence-electron chi connectivity index (χ1n) is 5.28. The largest absolute Gasteiger partial charge is 0.493 e. The Morgan fingerprint density at radius 3 is 2.53 bits per heavy atom. The van der Waals surface area contributed by atoms with Crippen LogP contribution in [0.1, 0.15) is 27.6 Å². The summed E-state index contributed by atoms with van der Waals surface area (Å²) in [6.07, 6.45) is 0. The van der Waals surface area contributed by atoms with E-state index in [4.69, 9.17) is 9.47 Å². The van der Waals surface area contributed by atoms with Crippen molar-refractivity contribution in [3.8, 4) is 11.5 Å². The number of methoxy groups -OCH3 is 1. The number of amides is 2. The first kappa shape index (κ1) is 11.4. The third-order valence-corrected chi connectivity index (χ3v) is 2.68. The van der Waals surface area contributed by atoms with Gasteiger partial charge in [0.15, 0.2) is 11.5 Å². The molecule has 0 aromatic heterocycles. The van der Waals surface area contributed by atoms with Crippen LogP contribution in [0.3, 0.4) is 0 Å². The Morgan fingerprint density at radius 2 is 1.94 bits per heavy atom. The molecule has 90 valence electrons. The molecule has 2 amide bonds. The normalized spacial score (nSPS) is 13.9. The van der Waals surface area contributed by atoms with Gasteiger partial charge in [0, 0.05) is 7.05 Å². The number of rotatable bonds is 3. The van der Waals surface area contributed by atoms with Gasteiger partial charge >= 0.3 is 0 Å². The maximum absolute atomic E-state index is 11.9. The van der Waals surface area contributed by atoms with E-state index in [1.54, 1.807) is 12.1 Å².